The third-order valence-corrected chi connectivity index (χ3v) is 12.7. The monoisotopic (exact) mass is 836 g/mol. The topological polar surface area (TPSA) is 25.8 Å². The molecule has 0 spiro atoms. The van der Waals surface area contributed by atoms with Crippen LogP contribution in [0.25, 0.3) is 53.8 Å². The Morgan fingerprint density at radius 1 is 0.818 bits per heavy atom. The van der Waals surface area contributed by atoms with Crippen molar-refractivity contribution in [1.29, 1.82) is 0 Å². The number of benzene rings is 4. The summed E-state index contributed by atoms with van der Waals surface area (Å²) in [6, 6.07) is 38.3. The number of aromatic nitrogens is 2. The maximum Gasteiger partial charge on any atom is 0 e. The van der Waals surface area contributed by atoms with Crippen LogP contribution in [0.3, 0.4) is 0 Å². The van der Waals surface area contributed by atoms with E-state index in [0.29, 0.717) is 26.9 Å². The normalized spacial score (nSPS) is 12.4. The Balaban J connectivity index is 0.000000217. The van der Waals surface area contributed by atoms with Gasteiger partial charge in [-0.2, -0.15) is 11.3 Å². The van der Waals surface area contributed by atoms with Crippen LogP contribution < -0.4 is 4.40 Å². The summed E-state index contributed by atoms with van der Waals surface area (Å²) in [5.74, 6) is 6.80. The Morgan fingerprint density at radius 2 is 1.57 bits per heavy atom. The van der Waals surface area contributed by atoms with Crippen molar-refractivity contribution in [3.05, 3.63) is 139 Å². The fourth-order valence-electron chi connectivity index (χ4n) is 4.91. The molecule has 0 aliphatic carbocycles. The van der Waals surface area contributed by atoms with Gasteiger partial charge < -0.3 is 4.98 Å². The fraction of sp³-hybridized carbons (Fsp3) is 0.105. The SMILES string of the molecule is [2H]C([2H])([2H])c1cc(-c2[c-]cc(F)c3c2sc2ccccc23)ncc1-c1ccccc1.[CH3][Ge]([CH3])([CH3])[c]1ccc(-c2[c-]cccc2)nc1.[Ir]. The van der Waals surface area contributed by atoms with Gasteiger partial charge in [-0.3, -0.25) is 4.39 Å². The van der Waals surface area contributed by atoms with Crippen molar-refractivity contribution in [1.82, 2.24) is 9.97 Å². The van der Waals surface area contributed by atoms with Crippen molar-refractivity contribution in [2.75, 3.05) is 0 Å². The molecule has 0 amide bonds. The summed E-state index contributed by atoms with van der Waals surface area (Å²) >= 11 is -0.257. The largest absolute Gasteiger partial charge is 0 e. The number of aryl methyl sites for hydroxylation is 1. The molecule has 0 bridgehead atoms. The standard InChI is InChI=1S/C24H15FNS.C14H16GeN.Ir/c1-15-13-21(26-14-19(15)16-7-3-2-4-8-16)17-11-12-20(25)23-18-9-5-6-10-22(18)27-24(17)23;1-15(2,3)13-9-10-14(16-11-13)12-7-5-4-6-8-12;/h2-10,12-14H,1H3;4-7,9-11H,1-3H3;/q2*-1;/i1D3;;. The van der Waals surface area contributed by atoms with Gasteiger partial charge in [0, 0.05) is 46.5 Å². The number of thiophene rings is 1. The minimum absolute atomic E-state index is 0. The van der Waals surface area contributed by atoms with Gasteiger partial charge in [0.15, 0.2) is 0 Å². The van der Waals surface area contributed by atoms with Gasteiger partial charge in [0.05, 0.1) is 0 Å². The predicted molar refractivity (Wildman–Crippen MR) is 183 cm³/mol. The number of hydrogen-bond acceptors (Lipinski definition) is 3. The number of hydrogen-bond donors (Lipinski definition) is 0. The number of nitrogens with zero attached hydrogens (tertiary/aromatic N) is 2. The summed E-state index contributed by atoms with van der Waals surface area (Å²) in [5, 5.41) is 1.36. The zero-order valence-electron chi connectivity index (χ0n) is 27.5. The number of rotatable bonds is 4. The van der Waals surface area contributed by atoms with Crippen molar-refractivity contribution in [2.24, 2.45) is 0 Å². The molecular weight excluding hydrogens is 800 g/mol. The van der Waals surface area contributed by atoms with Crippen LogP contribution in [-0.4, -0.2) is 23.2 Å². The second kappa shape index (κ2) is 13.7. The van der Waals surface area contributed by atoms with Gasteiger partial charge in [0.1, 0.15) is 0 Å². The minimum atomic E-state index is -2.32. The molecule has 0 fully saturated rings. The summed E-state index contributed by atoms with van der Waals surface area (Å²) in [6.07, 6.45) is 3.62. The van der Waals surface area contributed by atoms with Crippen LogP contribution in [-0.2, 0) is 20.1 Å². The van der Waals surface area contributed by atoms with Gasteiger partial charge in [0.2, 0.25) is 0 Å². The molecule has 0 saturated carbocycles. The van der Waals surface area contributed by atoms with Gasteiger partial charge in [-0.25, -0.2) is 0 Å². The minimum Gasteiger partial charge on any atom is 0 e. The molecule has 6 heteroatoms. The van der Waals surface area contributed by atoms with Gasteiger partial charge in [0.25, 0.3) is 0 Å². The van der Waals surface area contributed by atoms with E-state index in [0.717, 1.165) is 26.9 Å². The molecule has 0 unspecified atom stereocenters. The van der Waals surface area contributed by atoms with Crippen LogP contribution in [0.1, 0.15) is 9.68 Å². The summed E-state index contributed by atoms with van der Waals surface area (Å²) in [7, 11) is 0. The summed E-state index contributed by atoms with van der Waals surface area (Å²) in [5.41, 5.74) is 4.72. The van der Waals surface area contributed by atoms with Crippen LogP contribution in [0.2, 0.25) is 17.3 Å². The zero-order valence-corrected chi connectivity index (χ0v) is 29.8. The molecule has 7 aromatic rings. The molecule has 0 aliphatic heterocycles. The molecule has 0 N–H and O–H groups in total. The van der Waals surface area contributed by atoms with Crippen LogP contribution in [0.15, 0.2) is 116 Å². The molecule has 0 aliphatic rings. The summed E-state index contributed by atoms with van der Waals surface area (Å²) in [6.45, 7) is -2.32. The molecule has 2 nitrogen and oxygen atoms in total. The quantitative estimate of drug-likeness (QED) is 0.130. The van der Waals surface area contributed by atoms with Crippen molar-refractivity contribution in [3.8, 4) is 33.6 Å². The zero-order chi connectivity index (χ0) is 32.5. The molecule has 3 heterocycles. The van der Waals surface area contributed by atoms with E-state index in [2.05, 4.69) is 51.5 Å². The van der Waals surface area contributed by atoms with Crippen molar-refractivity contribution >= 4 is 49.2 Å². The predicted octanol–water partition coefficient (Wildman–Crippen LogP) is 10.1. The molecule has 1 radical (unpaired) electrons. The molecular formula is C38H31FGeIrN2S-2. The third kappa shape index (κ3) is 6.77. The Morgan fingerprint density at radius 3 is 2.27 bits per heavy atom. The Labute approximate surface area is 283 Å². The second-order valence-electron chi connectivity index (χ2n) is 11.3. The smallest absolute Gasteiger partial charge is 0 e. The molecule has 4 aromatic carbocycles. The maximum atomic E-state index is 14.7. The Hall–Kier alpha value is -3.48. The first-order chi connectivity index (χ1) is 22.0. The van der Waals surface area contributed by atoms with Crippen LogP contribution >= 0.6 is 11.3 Å². The molecule has 0 saturated heterocycles. The molecule has 7 rings (SSSR count). The van der Waals surface area contributed by atoms with E-state index in [1.165, 1.54) is 21.8 Å². The number of halogens is 1. The van der Waals surface area contributed by atoms with E-state index >= 15 is 0 Å². The summed E-state index contributed by atoms with van der Waals surface area (Å²) < 4.78 is 41.9. The first-order valence-electron chi connectivity index (χ1n) is 15.5. The van der Waals surface area contributed by atoms with Gasteiger partial charge in [-0.1, -0.05) is 54.6 Å². The molecule has 3 aromatic heterocycles. The van der Waals surface area contributed by atoms with E-state index in [1.807, 2.05) is 85.1 Å². The van der Waals surface area contributed by atoms with Crippen LogP contribution in [0.4, 0.5) is 4.39 Å². The first kappa shape index (κ1) is 28.0. The fourth-order valence-corrected chi connectivity index (χ4v) is 8.31. The van der Waals surface area contributed by atoms with Gasteiger partial charge in [-0.05, 0) is 45.2 Å². The number of pyridine rings is 2. The second-order valence-corrected chi connectivity index (χ2v) is 23.0. The van der Waals surface area contributed by atoms with E-state index in [-0.39, 0.29) is 31.5 Å². The molecule has 44 heavy (non-hydrogen) atoms. The average molecular weight is 835 g/mol. The van der Waals surface area contributed by atoms with Crippen LogP contribution in [0, 0.1) is 24.8 Å². The van der Waals surface area contributed by atoms with E-state index in [1.54, 1.807) is 12.3 Å². The maximum absolute atomic E-state index is 14.7. The van der Waals surface area contributed by atoms with Gasteiger partial charge >= 0.3 is 99.8 Å². The van der Waals surface area contributed by atoms with E-state index in [4.69, 9.17) is 4.11 Å². The first-order valence-corrected chi connectivity index (χ1v) is 22.2. The average Bonchev–Trinajstić information content (AvgIpc) is 3.46. The third-order valence-electron chi connectivity index (χ3n) is 7.26. The Kier molecular flexibility index (Phi) is 8.70. The Bertz CT molecular complexity index is 2130. The molecule has 0 atom stereocenters. The van der Waals surface area contributed by atoms with Crippen molar-refractivity contribution in [2.45, 2.75) is 24.1 Å². The van der Waals surface area contributed by atoms with E-state index in [9.17, 15) is 4.39 Å². The number of fused-ring (bicyclic) bond motifs is 3. The summed E-state index contributed by atoms with van der Waals surface area (Å²) in [4.78, 5) is 9.08. The van der Waals surface area contributed by atoms with Crippen LogP contribution in [0.5, 0.6) is 0 Å². The van der Waals surface area contributed by atoms with E-state index < -0.39 is 20.1 Å². The molecule has 221 valence electrons. The van der Waals surface area contributed by atoms with Crippen molar-refractivity contribution in [3.63, 3.8) is 0 Å². The van der Waals surface area contributed by atoms with Crippen molar-refractivity contribution < 1.29 is 28.6 Å². The van der Waals surface area contributed by atoms with Gasteiger partial charge in [-0.15, -0.1) is 17.7 Å².